The molecule has 0 aromatic heterocycles. The van der Waals surface area contributed by atoms with Gasteiger partial charge in [-0.2, -0.15) is 0 Å². The van der Waals surface area contributed by atoms with Crippen molar-refractivity contribution in [1.29, 1.82) is 0 Å². The summed E-state index contributed by atoms with van der Waals surface area (Å²) in [6, 6.07) is 8.21. The molecule has 0 amide bonds. The molecule has 0 bridgehead atoms. The minimum atomic E-state index is -0.608. The van der Waals surface area contributed by atoms with E-state index in [9.17, 15) is 4.21 Å². The first-order valence-corrected chi connectivity index (χ1v) is 8.03. The van der Waals surface area contributed by atoms with Crippen LogP contribution in [0.5, 0.6) is 0 Å². The highest BCUT2D eigenvalue weighted by atomic mass is 32.2. The van der Waals surface area contributed by atoms with Gasteiger partial charge in [0.2, 0.25) is 0 Å². The van der Waals surface area contributed by atoms with Crippen LogP contribution in [-0.4, -0.2) is 45.4 Å². The SMILES string of the molecule is O=S1CCN(Cc2ccc(C#CCCO)cc2)CC1. The second-order valence-corrected chi connectivity index (χ2v) is 6.29. The van der Waals surface area contributed by atoms with Crippen molar-refractivity contribution in [1.82, 2.24) is 4.90 Å². The fourth-order valence-corrected chi connectivity index (χ4v) is 3.13. The van der Waals surface area contributed by atoms with Crippen LogP contribution in [0.25, 0.3) is 0 Å². The first kappa shape index (κ1) is 14.3. The Kier molecular flexibility index (Phi) is 5.59. The lowest BCUT2D eigenvalue weighted by Crippen LogP contribution is -2.37. The van der Waals surface area contributed by atoms with Gasteiger partial charge in [-0.05, 0) is 17.7 Å². The van der Waals surface area contributed by atoms with Crippen molar-refractivity contribution in [2.45, 2.75) is 13.0 Å². The molecule has 1 saturated heterocycles. The van der Waals surface area contributed by atoms with E-state index in [0.717, 1.165) is 36.7 Å². The minimum absolute atomic E-state index is 0.113. The molecule has 19 heavy (non-hydrogen) atoms. The largest absolute Gasteiger partial charge is 0.395 e. The lowest BCUT2D eigenvalue weighted by molar-refractivity contribution is 0.291. The number of aliphatic hydroxyl groups excluding tert-OH is 1. The van der Waals surface area contributed by atoms with Crippen molar-refractivity contribution < 1.29 is 9.32 Å². The van der Waals surface area contributed by atoms with Crippen LogP contribution in [0.15, 0.2) is 24.3 Å². The van der Waals surface area contributed by atoms with Gasteiger partial charge in [-0.15, -0.1) is 0 Å². The average molecular weight is 277 g/mol. The average Bonchev–Trinajstić information content (AvgIpc) is 2.44. The molecule has 1 fully saturated rings. The summed E-state index contributed by atoms with van der Waals surface area (Å²) in [5.74, 6) is 7.52. The zero-order valence-electron chi connectivity index (χ0n) is 11.0. The lowest BCUT2D eigenvalue weighted by atomic mass is 10.1. The van der Waals surface area contributed by atoms with E-state index < -0.39 is 10.8 Å². The van der Waals surface area contributed by atoms with Crippen molar-refractivity contribution in [3.8, 4) is 11.8 Å². The van der Waals surface area contributed by atoms with E-state index in [-0.39, 0.29) is 6.61 Å². The number of benzene rings is 1. The summed E-state index contributed by atoms with van der Waals surface area (Å²) in [6.45, 7) is 2.87. The molecule has 102 valence electrons. The van der Waals surface area contributed by atoms with Crippen molar-refractivity contribution in [3.05, 3.63) is 35.4 Å². The summed E-state index contributed by atoms with van der Waals surface area (Å²) >= 11 is 0. The molecule has 0 unspecified atom stereocenters. The van der Waals surface area contributed by atoms with Crippen molar-refractivity contribution in [2.24, 2.45) is 0 Å². The first-order valence-electron chi connectivity index (χ1n) is 6.54. The summed E-state index contributed by atoms with van der Waals surface area (Å²) in [6.07, 6.45) is 0.521. The molecule has 0 aliphatic carbocycles. The number of hydrogen-bond donors (Lipinski definition) is 1. The molecule has 0 atom stereocenters. The fourth-order valence-electron chi connectivity index (χ4n) is 2.01. The second kappa shape index (κ2) is 7.44. The van der Waals surface area contributed by atoms with Crippen LogP contribution in [0.2, 0.25) is 0 Å². The van der Waals surface area contributed by atoms with Gasteiger partial charge in [0.05, 0.1) is 6.61 Å². The summed E-state index contributed by atoms with van der Waals surface area (Å²) in [5, 5.41) is 8.66. The van der Waals surface area contributed by atoms with Gasteiger partial charge in [-0.25, -0.2) is 0 Å². The van der Waals surface area contributed by atoms with Gasteiger partial charge in [0.1, 0.15) is 0 Å². The molecule has 2 rings (SSSR count). The molecule has 1 aliphatic rings. The Balaban J connectivity index is 1.88. The fraction of sp³-hybridized carbons (Fsp3) is 0.467. The zero-order valence-corrected chi connectivity index (χ0v) is 11.8. The maximum Gasteiger partial charge on any atom is 0.0540 e. The second-order valence-electron chi connectivity index (χ2n) is 4.60. The van der Waals surface area contributed by atoms with Gasteiger partial charge in [0, 0.05) is 53.9 Å². The number of rotatable bonds is 3. The highest BCUT2D eigenvalue weighted by molar-refractivity contribution is 7.85. The normalized spacial score (nSPS) is 16.9. The molecular weight excluding hydrogens is 258 g/mol. The van der Waals surface area contributed by atoms with Crippen molar-refractivity contribution in [3.63, 3.8) is 0 Å². The molecule has 3 nitrogen and oxygen atoms in total. The third-order valence-electron chi connectivity index (χ3n) is 3.10. The van der Waals surface area contributed by atoms with Gasteiger partial charge in [0.15, 0.2) is 0 Å². The van der Waals surface area contributed by atoms with Crippen LogP contribution in [0.3, 0.4) is 0 Å². The predicted molar refractivity (Wildman–Crippen MR) is 78.2 cm³/mol. The van der Waals surface area contributed by atoms with E-state index in [4.69, 9.17) is 5.11 Å². The highest BCUT2D eigenvalue weighted by Crippen LogP contribution is 2.09. The third-order valence-corrected chi connectivity index (χ3v) is 4.38. The number of aliphatic hydroxyl groups is 1. The molecule has 1 heterocycles. The summed E-state index contributed by atoms with van der Waals surface area (Å²) in [7, 11) is -0.608. The van der Waals surface area contributed by atoms with Crippen molar-refractivity contribution in [2.75, 3.05) is 31.2 Å². The van der Waals surface area contributed by atoms with Gasteiger partial charge >= 0.3 is 0 Å². The Labute approximate surface area is 117 Å². The maximum atomic E-state index is 11.3. The van der Waals surface area contributed by atoms with Gasteiger partial charge in [-0.1, -0.05) is 24.0 Å². The van der Waals surface area contributed by atoms with E-state index in [0.29, 0.717) is 6.42 Å². The molecule has 0 radical (unpaired) electrons. The van der Waals surface area contributed by atoms with Crippen LogP contribution in [0.1, 0.15) is 17.5 Å². The summed E-state index contributed by atoms with van der Waals surface area (Å²) < 4.78 is 11.3. The molecule has 4 heteroatoms. The van der Waals surface area contributed by atoms with E-state index in [1.807, 2.05) is 12.1 Å². The van der Waals surface area contributed by atoms with Gasteiger partial charge < -0.3 is 5.11 Å². The molecule has 1 aliphatic heterocycles. The first-order chi connectivity index (χ1) is 9.28. The highest BCUT2D eigenvalue weighted by Gasteiger charge is 2.14. The predicted octanol–water partition coefficient (Wildman–Crippen LogP) is 0.985. The Morgan fingerprint density at radius 3 is 2.53 bits per heavy atom. The standard InChI is InChI=1S/C15H19NO2S/c17-10-2-1-3-14-4-6-15(7-5-14)13-16-8-11-19(18)12-9-16/h4-7,17H,2,8-13H2. The van der Waals surface area contributed by atoms with Crippen LogP contribution >= 0.6 is 0 Å². The zero-order chi connectivity index (χ0) is 13.5. The van der Waals surface area contributed by atoms with E-state index in [1.165, 1.54) is 5.56 Å². The molecule has 0 spiro atoms. The Morgan fingerprint density at radius 1 is 1.21 bits per heavy atom. The van der Waals surface area contributed by atoms with E-state index in [2.05, 4.69) is 28.9 Å². The van der Waals surface area contributed by atoms with Crippen LogP contribution in [-0.2, 0) is 17.3 Å². The Bertz CT molecular complexity index is 477. The van der Waals surface area contributed by atoms with Gasteiger partial charge in [0.25, 0.3) is 0 Å². The van der Waals surface area contributed by atoms with Crippen molar-refractivity contribution >= 4 is 10.8 Å². The molecule has 0 saturated carbocycles. The van der Waals surface area contributed by atoms with Crippen LogP contribution in [0.4, 0.5) is 0 Å². The topological polar surface area (TPSA) is 40.5 Å². The molecule has 1 aromatic carbocycles. The van der Waals surface area contributed by atoms with E-state index >= 15 is 0 Å². The molecule has 1 N–H and O–H groups in total. The molecular formula is C15H19NO2S. The lowest BCUT2D eigenvalue weighted by Gasteiger charge is -2.26. The Morgan fingerprint density at radius 2 is 1.89 bits per heavy atom. The summed E-state index contributed by atoms with van der Waals surface area (Å²) in [4.78, 5) is 2.34. The van der Waals surface area contributed by atoms with Crippen LogP contribution < -0.4 is 0 Å². The Hall–Kier alpha value is -1.15. The smallest absolute Gasteiger partial charge is 0.0540 e. The summed E-state index contributed by atoms with van der Waals surface area (Å²) in [5.41, 5.74) is 2.25. The third kappa shape index (κ3) is 4.79. The minimum Gasteiger partial charge on any atom is -0.395 e. The van der Waals surface area contributed by atoms with E-state index in [1.54, 1.807) is 0 Å². The quantitative estimate of drug-likeness (QED) is 0.838. The maximum absolute atomic E-state index is 11.3. The molecule has 1 aromatic rings. The van der Waals surface area contributed by atoms with Gasteiger partial charge in [-0.3, -0.25) is 9.11 Å². The number of hydrogen-bond acceptors (Lipinski definition) is 3. The number of nitrogens with zero attached hydrogens (tertiary/aromatic N) is 1. The van der Waals surface area contributed by atoms with Crippen LogP contribution in [0, 0.1) is 11.8 Å². The monoisotopic (exact) mass is 277 g/mol.